The van der Waals surface area contributed by atoms with Gasteiger partial charge in [-0.1, -0.05) is 6.07 Å². The van der Waals surface area contributed by atoms with E-state index in [1.54, 1.807) is 0 Å². The number of hydrogen-bond donors (Lipinski definition) is 1. The van der Waals surface area contributed by atoms with E-state index in [9.17, 15) is 0 Å². The van der Waals surface area contributed by atoms with Crippen molar-refractivity contribution in [1.29, 1.82) is 0 Å². The van der Waals surface area contributed by atoms with Gasteiger partial charge in [-0.25, -0.2) is 0 Å². The Labute approximate surface area is 118 Å². The van der Waals surface area contributed by atoms with Crippen LogP contribution in [0.5, 0.6) is 0 Å². The highest BCUT2D eigenvalue weighted by atomic mass is 79.9. The van der Waals surface area contributed by atoms with Crippen molar-refractivity contribution in [3.63, 3.8) is 0 Å². The average molecular weight is 313 g/mol. The first kappa shape index (κ1) is 13.8. The highest BCUT2D eigenvalue weighted by molar-refractivity contribution is 9.10. The molecule has 1 aliphatic heterocycles. The number of nitrogens with zero attached hydrogens (tertiary/aromatic N) is 2. The zero-order chi connectivity index (χ0) is 13.0. The summed E-state index contributed by atoms with van der Waals surface area (Å²) >= 11 is 3.67. The minimum absolute atomic E-state index is 0.262. The number of benzene rings is 1. The Morgan fingerprint density at radius 2 is 1.94 bits per heavy atom. The highest BCUT2D eigenvalue weighted by Gasteiger charge is 2.16. The zero-order valence-electron chi connectivity index (χ0n) is 10.9. The smallest absolute Gasteiger partial charge is 0.0511 e. The molecule has 0 saturated carbocycles. The maximum absolute atomic E-state index is 8.86. The van der Waals surface area contributed by atoms with E-state index in [-0.39, 0.29) is 6.61 Å². The van der Waals surface area contributed by atoms with Crippen molar-refractivity contribution in [3.8, 4) is 0 Å². The Morgan fingerprint density at radius 3 is 2.56 bits per heavy atom. The molecule has 0 radical (unpaired) electrons. The lowest BCUT2D eigenvalue weighted by molar-refractivity contribution is 0.288. The molecule has 0 aromatic heterocycles. The molecule has 1 aromatic carbocycles. The topological polar surface area (TPSA) is 26.7 Å². The summed E-state index contributed by atoms with van der Waals surface area (Å²) in [6.45, 7) is 4.69. The Balaban J connectivity index is 2.05. The molecule has 1 aliphatic rings. The van der Waals surface area contributed by atoms with Gasteiger partial charge in [0.05, 0.1) is 5.69 Å². The molecule has 0 bridgehead atoms. The summed E-state index contributed by atoms with van der Waals surface area (Å²) in [6.07, 6.45) is 1.78. The minimum atomic E-state index is 0.262. The SMILES string of the molecule is CN1CCN(c2ccc(CCCO)cc2Br)CC1. The third kappa shape index (κ3) is 3.46. The van der Waals surface area contributed by atoms with E-state index in [0.29, 0.717) is 0 Å². The Kier molecular flexibility index (Phi) is 5.03. The van der Waals surface area contributed by atoms with Crippen molar-refractivity contribution >= 4 is 21.6 Å². The summed E-state index contributed by atoms with van der Waals surface area (Å²) in [4.78, 5) is 4.79. The molecule has 0 unspecified atom stereocenters. The number of aliphatic hydroxyl groups is 1. The predicted molar refractivity (Wildman–Crippen MR) is 79.3 cm³/mol. The number of rotatable bonds is 4. The maximum Gasteiger partial charge on any atom is 0.0511 e. The molecular weight excluding hydrogens is 292 g/mol. The fraction of sp³-hybridized carbons (Fsp3) is 0.571. The molecule has 1 saturated heterocycles. The van der Waals surface area contributed by atoms with Gasteiger partial charge >= 0.3 is 0 Å². The summed E-state index contributed by atoms with van der Waals surface area (Å²) in [5.41, 5.74) is 2.57. The van der Waals surface area contributed by atoms with E-state index in [0.717, 1.165) is 39.0 Å². The number of piperazine rings is 1. The van der Waals surface area contributed by atoms with Crippen LogP contribution in [0.4, 0.5) is 5.69 Å². The minimum Gasteiger partial charge on any atom is -0.396 e. The first-order valence-electron chi connectivity index (χ1n) is 6.53. The van der Waals surface area contributed by atoms with Gasteiger partial charge in [-0.3, -0.25) is 0 Å². The largest absolute Gasteiger partial charge is 0.396 e. The van der Waals surface area contributed by atoms with Gasteiger partial charge in [0.2, 0.25) is 0 Å². The summed E-state index contributed by atoms with van der Waals surface area (Å²) in [7, 11) is 2.17. The van der Waals surface area contributed by atoms with Gasteiger partial charge in [0.15, 0.2) is 0 Å². The van der Waals surface area contributed by atoms with Crippen molar-refractivity contribution in [2.75, 3.05) is 44.7 Å². The molecule has 3 nitrogen and oxygen atoms in total. The van der Waals surface area contributed by atoms with Gasteiger partial charge in [0, 0.05) is 37.3 Å². The normalized spacial score (nSPS) is 17.2. The molecule has 2 rings (SSSR count). The van der Waals surface area contributed by atoms with Gasteiger partial charge in [-0.05, 0) is 53.5 Å². The second-order valence-electron chi connectivity index (χ2n) is 4.90. The van der Waals surface area contributed by atoms with Gasteiger partial charge in [-0.15, -0.1) is 0 Å². The monoisotopic (exact) mass is 312 g/mol. The van der Waals surface area contributed by atoms with Crippen LogP contribution < -0.4 is 4.90 Å². The fourth-order valence-corrected chi connectivity index (χ4v) is 2.97. The molecule has 18 heavy (non-hydrogen) atoms. The standard InChI is InChI=1S/C14H21BrN2O/c1-16-6-8-17(9-7-16)14-5-4-12(3-2-10-18)11-13(14)15/h4-5,11,18H,2-3,6-10H2,1H3. The van der Waals surface area contributed by atoms with Crippen LogP contribution in [0.1, 0.15) is 12.0 Å². The number of anilines is 1. The molecule has 1 aromatic rings. The lowest BCUT2D eigenvalue weighted by atomic mass is 10.1. The molecule has 4 heteroatoms. The molecule has 1 fully saturated rings. The molecule has 1 N–H and O–H groups in total. The van der Waals surface area contributed by atoms with Crippen LogP contribution >= 0.6 is 15.9 Å². The van der Waals surface area contributed by atoms with E-state index < -0.39 is 0 Å². The fourth-order valence-electron chi connectivity index (χ4n) is 2.29. The highest BCUT2D eigenvalue weighted by Crippen LogP contribution is 2.28. The number of hydrogen-bond acceptors (Lipinski definition) is 3. The van der Waals surface area contributed by atoms with Crippen LogP contribution in [0.25, 0.3) is 0 Å². The first-order chi connectivity index (χ1) is 8.70. The Bertz CT molecular complexity index is 389. The molecule has 100 valence electrons. The Morgan fingerprint density at radius 1 is 1.22 bits per heavy atom. The summed E-state index contributed by atoms with van der Waals surface area (Å²) in [5.74, 6) is 0. The quantitative estimate of drug-likeness (QED) is 0.922. The summed E-state index contributed by atoms with van der Waals surface area (Å²) in [6, 6.07) is 6.56. The van der Waals surface area contributed by atoms with Crippen molar-refractivity contribution in [2.24, 2.45) is 0 Å². The molecule has 0 atom stereocenters. The first-order valence-corrected chi connectivity index (χ1v) is 7.33. The van der Waals surface area contributed by atoms with Crippen LogP contribution in [-0.2, 0) is 6.42 Å². The lowest BCUT2D eigenvalue weighted by Gasteiger charge is -2.34. The average Bonchev–Trinajstić information content (AvgIpc) is 2.38. The van der Waals surface area contributed by atoms with Crippen molar-refractivity contribution < 1.29 is 5.11 Å². The predicted octanol–water partition coefficient (Wildman–Crippen LogP) is 2.13. The van der Waals surface area contributed by atoms with Gasteiger partial charge in [0.1, 0.15) is 0 Å². The molecular formula is C14H21BrN2O. The number of halogens is 1. The van der Waals surface area contributed by atoms with Crippen LogP contribution in [0.15, 0.2) is 22.7 Å². The molecule has 1 heterocycles. The van der Waals surface area contributed by atoms with E-state index in [4.69, 9.17) is 5.11 Å². The lowest BCUT2D eigenvalue weighted by Crippen LogP contribution is -2.44. The summed E-state index contributed by atoms with van der Waals surface area (Å²) < 4.78 is 1.17. The van der Waals surface area contributed by atoms with Crippen LogP contribution in [0, 0.1) is 0 Å². The Hall–Kier alpha value is -0.580. The number of aliphatic hydroxyl groups excluding tert-OH is 1. The summed E-state index contributed by atoms with van der Waals surface area (Å²) in [5, 5.41) is 8.86. The molecule has 0 amide bonds. The van der Waals surface area contributed by atoms with Crippen LogP contribution in [0.2, 0.25) is 0 Å². The van der Waals surface area contributed by atoms with E-state index in [1.165, 1.54) is 15.7 Å². The second-order valence-corrected chi connectivity index (χ2v) is 5.76. The number of likely N-dealkylation sites (N-methyl/N-ethyl adjacent to an activating group) is 1. The van der Waals surface area contributed by atoms with Crippen LogP contribution in [-0.4, -0.2) is 49.8 Å². The molecule has 0 aliphatic carbocycles. The van der Waals surface area contributed by atoms with Crippen molar-refractivity contribution in [3.05, 3.63) is 28.2 Å². The van der Waals surface area contributed by atoms with Gasteiger partial charge in [-0.2, -0.15) is 0 Å². The van der Waals surface area contributed by atoms with Crippen molar-refractivity contribution in [2.45, 2.75) is 12.8 Å². The van der Waals surface area contributed by atoms with E-state index >= 15 is 0 Å². The second kappa shape index (κ2) is 6.55. The van der Waals surface area contributed by atoms with Crippen LogP contribution in [0.3, 0.4) is 0 Å². The van der Waals surface area contributed by atoms with E-state index in [2.05, 4.69) is 51.0 Å². The third-order valence-corrected chi connectivity index (χ3v) is 4.11. The maximum atomic E-state index is 8.86. The zero-order valence-corrected chi connectivity index (χ0v) is 12.5. The van der Waals surface area contributed by atoms with Gasteiger partial charge < -0.3 is 14.9 Å². The van der Waals surface area contributed by atoms with E-state index in [1.807, 2.05) is 0 Å². The molecule has 0 spiro atoms. The van der Waals surface area contributed by atoms with Crippen molar-refractivity contribution in [1.82, 2.24) is 4.90 Å². The van der Waals surface area contributed by atoms with Gasteiger partial charge in [0.25, 0.3) is 0 Å². The number of aryl methyl sites for hydroxylation is 1. The third-order valence-electron chi connectivity index (χ3n) is 3.48.